The Morgan fingerprint density at radius 2 is 2.17 bits per heavy atom. The van der Waals surface area contributed by atoms with E-state index in [1.807, 2.05) is 6.07 Å². The molecule has 2 heterocycles. The number of methoxy groups -OCH3 is 1. The summed E-state index contributed by atoms with van der Waals surface area (Å²) in [5.41, 5.74) is 7.05. The molecule has 0 spiro atoms. The number of halogens is 2. The van der Waals surface area contributed by atoms with E-state index in [4.69, 9.17) is 43.1 Å². The van der Waals surface area contributed by atoms with Gasteiger partial charge in [0.15, 0.2) is 0 Å². The summed E-state index contributed by atoms with van der Waals surface area (Å²) in [6.45, 7) is 1.80. The van der Waals surface area contributed by atoms with Crippen LogP contribution in [0.5, 0.6) is 5.75 Å². The van der Waals surface area contributed by atoms with E-state index in [0.717, 1.165) is 0 Å². The van der Waals surface area contributed by atoms with Crippen LogP contribution in [0.1, 0.15) is 18.4 Å². The standard InChI is InChI=1S/C20H17Cl2N3O4/c1-3-28-20(26)17-15(8-21)29-19(24)13(9-23)16(17)12-7-10-6-11(27-2)4-5-14(10)25-18(12)22/h4-7,16H,3,8,24H2,1-2H3/t16-/m0/s1. The third-order valence-electron chi connectivity index (χ3n) is 4.43. The van der Waals surface area contributed by atoms with Crippen LogP contribution in [0, 0.1) is 11.3 Å². The Kier molecular flexibility index (Phi) is 6.16. The number of benzene rings is 1. The number of aromatic nitrogens is 1. The average Bonchev–Trinajstić information content (AvgIpc) is 2.72. The smallest absolute Gasteiger partial charge is 0.338 e. The van der Waals surface area contributed by atoms with E-state index in [-0.39, 0.29) is 40.4 Å². The van der Waals surface area contributed by atoms with Crippen LogP contribution < -0.4 is 10.5 Å². The summed E-state index contributed by atoms with van der Waals surface area (Å²) in [7, 11) is 1.55. The summed E-state index contributed by atoms with van der Waals surface area (Å²) in [4.78, 5) is 17.1. The zero-order valence-corrected chi connectivity index (χ0v) is 17.2. The van der Waals surface area contributed by atoms with Gasteiger partial charge in [0.1, 0.15) is 28.3 Å². The van der Waals surface area contributed by atoms with Gasteiger partial charge in [0.2, 0.25) is 5.88 Å². The lowest BCUT2D eigenvalue weighted by Crippen LogP contribution is -2.27. The second-order valence-corrected chi connectivity index (χ2v) is 6.67. The lowest BCUT2D eigenvalue weighted by Gasteiger charge is -2.27. The molecule has 2 aromatic rings. The van der Waals surface area contributed by atoms with E-state index in [0.29, 0.717) is 22.2 Å². The predicted octanol–water partition coefficient (Wildman–Crippen LogP) is 3.76. The van der Waals surface area contributed by atoms with Gasteiger partial charge in [-0.3, -0.25) is 0 Å². The van der Waals surface area contributed by atoms with Gasteiger partial charge in [0.05, 0.1) is 36.6 Å². The van der Waals surface area contributed by atoms with Gasteiger partial charge in [-0.05, 0) is 31.2 Å². The SMILES string of the molecule is CCOC(=O)C1=C(CCl)OC(N)=C(C#N)[C@@H]1c1cc2cc(OC)ccc2nc1Cl. The maximum atomic E-state index is 12.7. The van der Waals surface area contributed by atoms with Gasteiger partial charge < -0.3 is 19.9 Å². The predicted molar refractivity (Wildman–Crippen MR) is 108 cm³/mol. The number of alkyl halides is 1. The molecule has 0 bridgehead atoms. The molecule has 9 heteroatoms. The van der Waals surface area contributed by atoms with Crippen molar-refractivity contribution in [2.24, 2.45) is 5.73 Å². The fourth-order valence-corrected chi connectivity index (χ4v) is 3.59. The Bertz CT molecular complexity index is 1090. The van der Waals surface area contributed by atoms with Crippen molar-refractivity contribution in [3.63, 3.8) is 0 Å². The monoisotopic (exact) mass is 433 g/mol. The molecular formula is C20H17Cl2N3O4. The zero-order valence-electron chi connectivity index (χ0n) is 15.7. The molecule has 3 rings (SSSR count). The summed E-state index contributed by atoms with van der Waals surface area (Å²) in [5.74, 6) is -1.17. The number of carbonyl (C=O) groups excluding carboxylic acids is 1. The van der Waals surface area contributed by atoms with E-state index in [1.54, 1.807) is 38.3 Å². The molecule has 0 saturated carbocycles. The van der Waals surface area contributed by atoms with Crippen molar-refractivity contribution in [1.82, 2.24) is 4.98 Å². The first kappa shape index (κ1) is 20.8. The second-order valence-electron chi connectivity index (χ2n) is 6.04. The number of pyridine rings is 1. The van der Waals surface area contributed by atoms with Gasteiger partial charge in [-0.2, -0.15) is 5.26 Å². The molecule has 1 aromatic heterocycles. The van der Waals surface area contributed by atoms with Gasteiger partial charge in [0.25, 0.3) is 0 Å². The number of fused-ring (bicyclic) bond motifs is 1. The molecule has 0 amide bonds. The lowest BCUT2D eigenvalue weighted by atomic mass is 9.83. The summed E-state index contributed by atoms with van der Waals surface area (Å²) in [6.07, 6.45) is 0. The van der Waals surface area contributed by atoms with Gasteiger partial charge in [-0.15, -0.1) is 11.6 Å². The van der Waals surface area contributed by atoms with Crippen molar-refractivity contribution in [3.05, 3.63) is 57.8 Å². The minimum Gasteiger partial charge on any atom is -0.497 e. The molecule has 150 valence electrons. The van der Waals surface area contributed by atoms with Gasteiger partial charge in [-0.25, -0.2) is 9.78 Å². The molecule has 2 N–H and O–H groups in total. The number of hydrogen-bond acceptors (Lipinski definition) is 7. The molecule has 0 saturated heterocycles. The highest BCUT2D eigenvalue weighted by Crippen LogP contribution is 2.43. The molecule has 1 aliphatic rings. The molecule has 1 atom stereocenters. The van der Waals surface area contributed by atoms with E-state index < -0.39 is 11.9 Å². The number of ether oxygens (including phenoxy) is 3. The number of nitriles is 1. The van der Waals surface area contributed by atoms with Crippen LogP contribution in [0.2, 0.25) is 5.15 Å². The molecule has 0 radical (unpaired) electrons. The van der Waals surface area contributed by atoms with Crippen molar-refractivity contribution in [2.45, 2.75) is 12.8 Å². The number of esters is 1. The lowest BCUT2D eigenvalue weighted by molar-refractivity contribution is -0.139. The number of rotatable bonds is 5. The highest BCUT2D eigenvalue weighted by atomic mass is 35.5. The van der Waals surface area contributed by atoms with E-state index in [1.165, 1.54) is 0 Å². The topological polar surface area (TPSA) is 107 Å². The number of carbonyl (C=O) groups is 1. The molecule has 0 unspecified atom stereocenters. The van der Waals surface area contributed by atoms with Crippen molar-refractivity contribution < 1.29 is 19.0 Å². The summed E-state index contributed by atoms with van der Waals surface area (Å²) in [6, 6.07) is 9.03. The van der Waals surface area contributed by atoms with Crippen LogP contribution in [-0.2, 0) is 14.3 Å². The normalized spacial score (nSPS) is 16.4. The van der Waals surface area contributed by atoms with Crippen molar-refractivity contribution in [2.75, 3.05) is 19.6 Å². The van der Waals surface area contributed by atoms with Gasteiger partial charge in [-0.1, -0.05) is 11.6 Å². The Morgan fingerprint density at radius 1 is 1.41 bits per heavy atom. The number of hydrogen-bond donors (Lipinski definition) is 1. The largest absolute Gasteiger partial charge is 0.497 e. The van der Waals surface area contributed by atoms with Crippen LogP contribution in [-0.4, -0.2) is 30.5 Å². The van der Waals surface area contributed by atoms with Crippen LogP contribution in [0.15, 0.2) is 47.1 Å². The van der Waals surface area contributed by atoms with Crippen LogP contribution in [0.25, 0.3) is 10.9 Å². The molecule has 1 aromatic carbocycles. The fraction of sp³-hybridized carbons (Fsp3) is 0.250. The molecular weight excluding hydrogens is 417 g/mol. The number of allylic oxidation sites excluding steroid dienone is 2. The first-order valence-electron chi connectivity index (χ1n) is 8.63. The van der Waals surface area contributed by atoms with Gasteiger partial charge >= 0.3 is 5.97 Å². The summed E-state index contributed by atoms with van der Waals surface area (Å²) < 4.78 is 15.9. The van der Waals surface area contributed by atoms with E-state index in [9.17, 15) is 10.1 Å². The minimum atomic E-state index is -0.933. The Hall–Kier alpha value is -2.95. The van der Waals surface area contributed by atoms with Gasteiger partial charge in [0, 0.05) is 10.9 Å². The van der Waals surface area contributed by atoms with Crippen molar-refractivity contribution in [1.29, 1.82) is 5.26 Å². The fourth-order valence-electron chi connectivity index (χ4n) is 3.14. The van der Waals surface area contributed by atoms with E-state index in [2.05, 4.69) is 4.98 Å². The number of nitrogens with two attached hydrogens (primary N) is 1. The van der Waals surface area contributed by atoms with Crippen molar-refractivity contribution in [3.8, 4) is 11.8 Å². The summed E-state index contributed by atoms with van der Waals surface area (Å²) in [5, 5.41) is 10.5. The Labute approximate surface area is 177 Å². The quantitative estimate of drug-likeness (QED) is 0.434. The summed E-state index contributed by atoms with van der Waals surface area (Å²) >= 11 is 12.4. The van der Waals surface area contributed by atoms with E-state index >= 15 is 0 Å². The first-order valence-corrected chi connectivity index (χ1v) is 9.54. The number of nitrogens with zero attached hydrogens (tertiary/aromatic N) is 2. The highest BCUT2D eigenvalue weighted by molar-refractivity contribution is 6.31. The zero-order chi connectivity index (χ0) is 21.1. The molecule has 7 nitrogen and oxygen atoms in total. The third-order valence-corrected chi connectivity index (χ3v) is 4.97. The minimum absolute atomic E-state index is 0.0212. The average molecular weight is 434 g/mol. The Morgan fingerprint density at radius 3 is 2.79 bits per heavy atom. The van der Waals surface area contributed by atoms with Crippen LogP contribution >= 0.6 is 23.2 Å². The van der Waals surface area contributed by atoms with Crippen molar-refractivity contribution >= 4 is 40.1 Å². The van der Waals surface area contributed by atoms with Crippen LogP contribution in [0.3, 0.4) is 0 Å². The highest BCUT2D eigenvalue weighted by Gasteiger charge is 2.38. The Balaban J connectivity index is 2.29. The molecule has 29 heavy (non-hydrogen) atoms. The van der Waals surface area contributed by atoms with Crippen LogP contribution in [0.4, 0.5) is 0 Å². The molecule has 0 fully saturated rings. The molecule has 0 aliphatic carbocycles. The third kappa shape index (κ3) is 3.82. The molecule has 1 aliphatic heterocycles. The second kappa shape index (κ2) is 8.60. The maximum Gasteiger partial charge on any atom is 0.338 e. The maximum absolute atomic E-state index is 12.7. The first-order chi connectivity index (χ1) is 13.9.